The zero-order valence-corrected chi connectivity index (χ0v) is 11.6. The molecule has 0 bridgehead atoms. The first-order valence-electron chi connectivity index (χ1n) is 5.97. The molecule has 0 aromatic rings. The number of alkyl carbamates (subject to hydrolysis) is 1. The van der Waals surface area contributed by atoms with E-state index in [0.29, 0.717) is 0 Å². The third kappa shape index (κ3) is 8.90. The van der Waals surface area contributed by atoms with Gasteiger partial charge in [-0.1, -0.05) is 0 Å². The van der Waals surface area contributed by atoms with E-state index in [1.165, 1.54) is 0 Å². The Balaban J connectivity index is 4.38. The maximum Gasteiger partial charge on any atom is 0.408 e. The lowest BCUT2D eigenvalue weighted by molar-refractivity contribution is -0.140. The van der Waals surface area contributed by atoms with Crippen LogP contribution >= 0.6 is 0 Å². The third-order valence-corrected chi connectivity index (χ3v) is 2.05. The van der Waals surface area contributed by atoms with Crippen LogP contribution in [0.1, 0.15) is 40.0 Å². The van der Waals surface area contributed by atoms with Gasteiger partial charge in [0.05, 0.1) is 0 Å². The summed E-state index contributed by atoms with van der Waals surface area (Å²) in [5, 5.41) is 19.4. The van der Waals surface area contributed by atoms with Crippen molar-refractivity contribution in [2.75, 3.05) is 0 Å². The molecule has 114 valence electrons. The lowest BCUT2D eigenvalue weighted by Gasteiger charge is -2.21. The first-order valence-corrected chi connectivity index (χ1v) is 5.97. The first-order chi connectivity index (χ1) is 9.01. The van der Waals surface area contributed by atoms with Gasteiger partial charge < -0.3 is 20.3 Å². The Hall–Kier alpha value is -2.12. The molecule has 3 N–H and O–H groups in total. The lowest BCUT2D eigenvalue weighted by Crippen LogP contribution is -2.43. The highest BCUT2D eigenvalue weighted by Crippen LogP contribution is 2.08. The van der Waals surface area contributed by atoms with Crippen LogP contribution in [0.2, 0.25) is 0 Å². The van der Waals surface area contributed by atoms with Crippen molar-refractivity contribution in [2.24, 2.45) is 0 Å². The van der Waals surface area contributed by atoms with Gasteiger partial charge >= 0.3 is 18.0 Å². The van der Waals surface area contributed by atoms with E-state index in [0.717, 1.165) is 0 Å². The summed E-state index contributed by atoms with van der Waals surface area (Å²) >= 11 is 0. The van der Waals surface area contributed by atoms with Gasteiger partial charge in [0.1, 0.15) is 23.8 Å². The van der Waals surface area contributed by atoms with E-state index in [1.807, 2.05) is 0 Å². The molecular weight excluding hydrogens is 270 g/mol. The Morgan fingerprint density at radius 3 is 2.10 bits per heavy atom. The zero-order valence-electron chi connectivity index (χ0n) is 11.6. The van der Waals surface area contributed by atoms with Crippen LogP contribution in [0.15, 0.2) is 0 Å². The number of carbonyl (C=O) groups excluding carboxylic acids is 2. The highest BCUT2D eigenvalue weighted by molar-refractivity contribution is 5.95. The normalized spacial score (nSPS) is 12.3. The molecule has 0 radical (unpaired) electrons. The molecule has 0 aliphatic heterocycles. The topological polar surface area (TPSA) is 130 Å². The van der Waals surface area contributed by atoms with Crippen molar-refractivity contribution in [1.29, 1.82) is 0 Å². The summed E-state index contributed by atoms with van der Waals surface area (Å²) in [5.41, 5.74) is -0.772. The average Bonchev–Trinajstić information content (AvgIpc) is 2.19. The minimum atomic E-state index is -1.32. The Morgan fingerprint density at radius 2 is 1.70 bits per heavy atom. The summed E-state index contributed by atoms with van der Waals surface area (Å²) < 4.78 is 4.90. The monoisotopic (exact) mass is 289 g/mol. The van der Waals surface area contributed by atoms with Crippen LogP contribution in [-0.2, 0) is 19.1 Å². The van der Waals surface area contributed by atoms with Crippen molar-refractivity contribution in [3.63, 3.8) is 0 Å². The second kappa shape index (κ2) is 7.46. The summed E-state index contributed by atoms with van der Waals surface area (Å²) in [7, 11) is 0. The molecule has 8 heteroatoms. The van der Waals surface area contributed by atoms with Crippen LogP contribution in [0, 0.1) is 0 Å². The summed E-state index contributed by atoms with van der Waals surface area (Å²) in [6.07, 6.45) is -2.02. The molecule has 0 heterocycles. The van der Waals surface area contributed by atoms with Crippen molar-refractivity contribution in [3.05, 3.63) is 0 Å². The highest BCUT2D eigenvalue weighted by Gasteiger charge is 2.24. The van der Waals surface area contributed by atoms with Gasteiger partial charge in [-0.2, -0.15) is 0 Å². The fourth-order valence-electron chi connectivity index (χ4n) is 1.27. The number of ether oxygens (including phenoxy) is 1. The minimum Gasteiger partial charge on any atom is -0.481 e. The Morgan fingerprint density at radius 1 is 1.15 bits per heavy atom. The third-order valence-electron chi connectivity index (χ3n) is 2.05. The molecule has 0 aromatic carbocycles. The smallest absolute Gasteiger partial charge is 0.408 e. The van der Waals surface area contributed by atoms with Gasteiger partial charge in [-0.3, -0.25) is 9.59 Å². The number of nitrogens with one attached hydrogen (secondary N) is 1. The van der Waals surface area contributed by atoms with E-state index in [9.17, 15) is 19.2 Å². The maximum atomic E-state index is 11.4. The molecule has 20 heavy (non-hydrogen) atoms. The van der Waals surface area contributed by atoms with E-state index in [2.05, 4.69) is 5.32 Å². The molecule has 0 saturated carbocycles. The summed E-state index contributed by atoms with van der Waals surface area (Å²) in [6, 6.07) is -1.30. The highest BCUT2D eigenvalue weighted by atomic mass is 16.6. The van der Waals surface area contributed by atoms with E-state index >= 15 is 0 Å². The lowest BCUT2D eigenvalue weighted by atomic mass is 10.1. The standard InChI is InChI=1S/C12H19NO7/c1-12(2,3)20-11(19)13-8(10(17)18)5-4-7(14)6-9(15)16/h8H,4-6H2,1-3H3,(H,13,19)(H,15,16)(H,17,18). The van der Waals surface area contributed by atoms with Gasteiger partial charge in [0.15, 0.2) is 0 Å². The minimum absolute atomic E-state index is 0.194. The summed E-state index contributed by atoms with van der Waals surface area (Å²) in [5.74, 6) is -3.20. The van der Waals surface area contributed by atoms with Crippen molar-refractivity contribution in [3.8, 4) is 0 Å². The van der Waals surface area contributed by atoms with Gasteiger partial charge in [0.25, 0.3) is 0 Å². The molecule has 0 aliphatic carbocycles. The van der Waals surface area contributed by atoms with Crippen LogP contribution < -0.4 is 5.32 Å². The quantitative estimate of drug-likeness (QED) is 0.590. The SMILES string of the molecule is CC(C)(C)OC(=O)NC(CCC(=O)CC(=O)O)C(=O)O. The molecule has 1 unspecified atom stereocenters. The largest absolute Gasteiger partial charge is 0.481 e. The zero-order chi connectivity index (χ0) is 15.9. The molecule has 0 fully saturated rings. The summed E-state index contributed by atoms with van der Waals surface area (Å²) in [6.45, 7) is 4.87. The van der Waals surface area contributed by atoms with Crippen molar-refractivity contribution in [1.82, 2.24) is 5.32 Å². The first kappa shape index (κ1) is 17.9. The molecular formula is C12H19NO7. The molecule has 0 saturated heterocycles. The van der Waals surface area contributed by atoms with Gasteiger partial charge in [-0.15, -0.1) is 0 Å². The van der Waals surface area contributed by atoms with E-state index in [-0.39, 0.29) is 12.8 Å². The van der Waals surface area contributed by atoms with Crippen molar-refractivity contribution >= 4 is 23.8 Å². The van der Waals surface area contributed by atoms with Crippen LogP contribution in [0.25, 0.3) is 0 Å². The van der Waals surface area contributed by atoms with E-state index in [1.54, 1.807) is 20.8 Å². The Labute approximate surface area is 116 Å². The van der Waals surface area contributed by atoms with Gasteiger partial charge in [-0.25, -0.2) is 9.59 Å². The number of hydrogen-bond donors (Lipinski definition) is 3. The van der Waals surface area contributed by atoms with Crippen molar-refractivity contribution < 1.29 is 34.1 Å². The molecule has 1 amide bonds. The molecule has 0 aliphatic rings. The number of carboxylic acids is 2. The number of rotatable bonds is 7. The molecule has 0 spiro atoms. The van der Waals surface area contributed by atoms with Crippen LogP contribution in [0.3, 0.4) is 0 Å². The Bertz CT molecular complexity index is 397. The number of carbonyl (C=O) groups is 4. The number of aliphatic carboxylic acids is 2. The Kier molecular flexibility index (Phi) is 6.67. The van der Waals surface area contributed by atoms with Crippen LogP contribution in [0.5, 0.6) is 0 Å². The molecule has 8 nitrogen and oxygen atoms in total. The molecule has 0 rings (SSSR count). The van der Waals surface area contributed by atoms with Crippen LogP contribution in [-0.4, -0.2) is 45.7 Å². The maximum absolute atomic E-state index is 11.4. The van der Waals surface area contributed by atoms with Gasteiger partial charge in [-0.05, 0) is 27.2 Å². The molecule has 1 atom stereocenters. The van der Waals surface area contributed by atoms with Gasteiger partial charge in [0, 0.05) is 6.42 Å². The number of amides is 1. The number of Topliss-reactive ketones (excluding diaryl/α,β-unsaturated/α-hetero) is 1. The predicted octanol–water partition coefficient (Wildman–Crippen LogP) is 0.788. The second-order valence-electron chi connectivity index (χ2n) is 5.18. The van der Waals surface area contributed by atoms with Gasteiger partial charge in [0.2, 0.25) is 0 Å². The second-order valence-corrected chi connectivity index (χ2v) is 5.18. The average molecular weight is 289 g/mol. The predicted molar refractivity (Wildman–Crippen MR) is 67.3 cm³/mol. The summed E-state index contributed by atoms with van der Waals surface area (Å²) in [4.78, 5) is 43.8. The van der Waals surface area contributed by atoms with E-state index < -0.39 is 41.9 Å². The fourth-order valence-corrected chi connectivity index (χ4v) is 1.27. The fraction of sp³-hybridized carbons (Fsp3) is 0.667. The van der Waals surface area contributed by atoms with Crippen molar-refractivity contribution in [2.45, 2.75) is 51.7 Å². The number of ketones is 1. The number of carboxylic acid groups (broad SMARTS) is 2. The number of hydrogen-bond acceptors (Lipinski definition) is 5. The van der Waals surface area contributed by atoms with E-state index in [4.69, 9.17) is 14.9 Å². The molecule has 0 aromatic heterocycles. The van der Waals surface area contributed by atoms with Crippen LogP contribution in [0.4, 0.5) is 4.79 Å².